The average Bonchev–Trinajstić information content (AvgIpc) is 4.00. The molecule has 4 N–H and O–H groups in total. The summed E-state index contributed by atoms with van der Waals surface area (Å²) < 4.78 is 2.55. The van der Waals surface area contributed by atoms with Crippen LogP contribution in [0.1, 0.15) is 45.2 Å². The first kappa shape index (κ1) is 31.3. The number of nitrogens with zero attached hydrogens (tertiary/aromatic N) is 1. The molecule has 1 unspecified atom stereocenters. The second-order valence-corrected chi connectivity index (χ2v) is 14.3. The largest absolute Gasteiger partial charge is 0.507 e. The van der Waals surface area contributed by atoms with Gasteiger partial charge >= 0.3 is 0 Å². The molecule has 0 saturated carbocycles. The molecule has 1 atom stereocenters. The molecule has 0 fully saturated rings. The van der Waals surface area contributed by atoms with Gasteiger partial charge in [-0.2, -0.15) is 4.73 Å². The standard InChI is InChI=1S/C46H33BrN4O2/c47-46-34(17-10-22-43(46)52)45(37-26-50-41-20-7-3-15-32(37)41)38-27-51(42-21-8-4-16-33(38)42)53-29-12-9-11-28(23-29)44(35-24-48-39-18-5-1-13-30(35)39)36-25-49-40-19-6-2-14-31(36)40/h1-27,44-45,48-50,52H. The number of halogens is 1. The van der Waals surface area contributed by atoms with Crippen molar-refractivity contribution in [2.24, 2.45) is 0 Å². The minimum absolute atomic E-state index is 0.0582. The van der Waals surface area contributed by atoms with Crippen LogP contribution in [-0.2, 0) is 0 Å². The highest BCUT2D eigenvalue weighted by Crippen LogP contribution is 2.45. The number of aromatic hydroxyl groups is 1. The summed E-state index contributed by atoms with van der Waals surface area (Å²) in [5.41, 5.74) is 10.9. The number of phenolic OH excluding ortho intramolecular Hbond substituents is 1. The van der Waals surface area contributed by atoms with Gasteiger partial charge in [0.25, 0.3) is 0 Å². The van der Waals surface area contributed by atoms with Crippen molar-refractivity contribution in [2.75, 3.05) is 0 Å². The minimum Gasteiger partial charge on any atom is -0.507 e. The lowest BCUT2D eigenvalue weighted by molar-refractivity contribution is 0.228. The third kappa shape index (κ3) is 5.23. The Balaban J connectivity index is 1.12. The number of nitrogens with one attached hydrogen (secondary N) is 3. The molecule has 0 aliphatic rings. The molecule has 0 radical (unpaired) electrons. The molecule has 4 heterocycles. The monoisotopic (exact) mass is 752 g/mol. The predicted molar refractivity (Wildman–Crippen MR) is 217 cm³/mol. The number of para-hydroxylation sites is 4. The van der Waals surface area contributed by atoms with E-state index in [0.29, 0.717) is 4.47 Å². The summed E-state index contributed by atoms with van der Waals surface area (Å²) in [5.74, 6) is 0.643. The Kier molecular flexibility index (Phi) is 7.47. The molecule has 256 valence electrons. The number of H-pyrrole nitrogens is 3. The first-order chi connectivity index (χ1) is 26.1. The zero-order valence-corrected chi connectivity index (χ0v) is 30.0. The lowest BCUT2D eigenvalue weighted by atomic mass is 9.84. The van der Waals surface area contributed by atoms with Gasteiger partial charge in [-0.25, -0.2) is 0 Å². The van der Waals surface area contributed by atoms with Crippen LogP contribution in [0.2, 0.25) is 0 Å². The number of hydrogen-bond acceptors (Lipinski definition) is 2. The Morgan fingerprint density at radius 3 is 1.66 bits per heavy atom. The Morgan fingerprint density at radius 1 is 0.509 bits per heavy atom. The molecule has 4 aromatic heterocycles. The van der Waals surface area contributed by atoms with Gasteiger partial charge in [-0.3, -0.25) is 0 Å². The fourth-order valence-electron chi connectivity index (χ4n) is 8.13. The molecule has 0 aliphatic heterocycles. The van der Waals surface area contributed by atoms with Crippen molar-refractivity contribution in [3.05, 3.63) is 202 Å². The summed E-state index contributed by atoms with van der Waals surface area (Å²) in [4.78, 5) is 17.4. The molecular formula is C46H33BrN4O2. The average molecular weight is 754 g/mol. The summed E-state index contributed by atoms with van der Waals surface area (Å²) in [6.07, 6.45) is 8.45. The maximum absolute atomic E-state index is 10.9. The van der Waals surface area contributed by atoms with E-state index in [-0.39, 0.29) is 17.6 Å². The molecule has 0 bridgehead atoms. The van der Waals surface area contributed by atoms with Gasteiger partial charge in [0.1, 0.15) is 5.75 Å². The molecular weight excluding hydrogens is 720 g/mol. The number of benzene rings is 6. The van der Waals surface area contributed by atoms with Crippen molar-refractivity contribution in [3.63, 3.8) is 0 Å². The van der Waals surface area contributed by atoms with Crippen LogP contribution in [0.25, 0.3) is 43.6 Å². The van der Waals surface area contributed by atoms with E-state index >= 15 is 0 Å². The van der Waals surface area contributed by atoms with Crippen LogP contribution < -0.4 is 4.84 Å². The lowest BCUT2D eigenvalue weighted by Crippen LogP contribution is -2.07. The van der Waals surface area contributed by atoms with E-state index in [1.807, 2.05) is 29.0 Å². The lowest BCUT2D eigenvalue weighted by Gasteiger charge is -2.19. The first-order valence-corrected chi connectivity index (χ1v) is 18.5. The van der Waals surface area contributed by atoms with Crippen LogP contribution in [0.5, 0.6) is 11.5 Å². The summed E-state index contributed by atoms with van der Waals surface area (Å²) >= 11 is 3.73. The zero-order valence-electron chi connectivity index (χ0n) is 28.4. The third-order valence-corrected chi connectivity index (χ3v) is 11.4. The molecule has 7 heteroatoms. The first-order valence-electron chi connectivity index (χ1n) is 17.7. The van der Waals surface area contributed by atoms with Crippen LogP contribution in [-0.4, -0.2) is 24.8 Å². The predicted octanol–water partition coefficient (Wildman–Crippen LogP) is 11.8. The van der Waals surface area contributed by atoms with E-state index in [1.54, 1.807) is 6.07 Å². The summed E-state index contributed by atoms with van der Waals surface area (Å²) in [6.45, 7) is 0. The number of hydrogen-bond donors (Lipinski definition) is 4. The number of rotatable bonds is 8. The number of aromatic amines is 3. The molecule has 6 aromatic carbocycles. The SMILES string of the molecule is Oc1cccc(C(c2c[nH]c3ccccc23)c2cn(Oc3cccc(C(c4c[nH]c5ccccc45)c4c[nH]c5ccccc45)c3)c3ccccc23)c1Br. The van der Waals surface area contributed by atoms with Gasteiger partial charge in [0.15, 0.2) is 5.75 Å². The van der Waals surface area contributed by atoms with E-state index in [9.17, 15) is 5.11 Å². The third-order valence-electron chi connectivity index (χ3n) is 10.5. The van der Waals surface area contributed by atoms with Gasteiger partial charge in [0.05, 0.1) is 9.99 Å². The van der Waals surface area contributed by atoms with Crippen molar-refractivity contribution in [3.8, 4) is 11.5 Å². The van der Waals surface area contributed by atoms with Crippen molar-refractivity contribution >= 4 is 59.5 Å². The van der Waals surface area contributed by atoms with Crippen LogP contribution in [0.3, 0.4) is 0 Å². The van der Waals surface area contributed by atoms with Gasteiger partial charge in [-0.05, 0) is 91.8 Å². The molecule has 53 heavy (non-hydrogen) atoms. The highest BCUT2D eigenvalue weighted by molar-refractivity contribution is 9.10. The molecule has 6 nitrogen and oxygen atoms in total. The molecule has 0 aliphatic carbocycles. The quantitative estimate of drug-likeness (QED) is 0.125. The van der Waals surface area contributed by atoms with Gasteiger partial charge in [0, 0.05) is 74.7 Å². The topological polar surface area (TPSA) is 81.8 Å². The number of fused-ring (bicyclic) bond motifs is 4. The van der Waals surface area contributed by atoms with Crippen molar-refractivity contribution in [1.29, 1.82) is 0 Å². The van der Waals surface area contributed by atoms with E-state index < -0.39 is 0 Å². The van der Waals surface area contributed by atoms with Gasteiger partial charge in [0.2, 0.25) is 0 Å². The van der Waals surface area contributed by atoms with E-state index in [0.717, 1.165) is 60.8 Å². The van der Waals surface area contributed by atoms with Crippen LogP contribution >= 0.6 is 15.9 Å². The molecule has 10 rings (SSSR count). The number of aromatic nitrogens is 4. The second kappa shape index (κ2) is 12.7. The van der Waals surface area contributed by atoms with E-state index in [2.05, 4.69) is 165 Å². The maximum atomic E-state index is 10.9. The van der Waals surface area contributed by atoms with Crippen LogP contribution in [0, 0.1) is 0 Å². The maximum Gasteiger partial charge on any atom is 0.156 e. The zero-order chi connectivity index (χ0) is 35.5. The van der Waals surface area contributed by atoms with Crippen molar-refractivity contribution in [2.45, 2.75) is 11.8 Å². The highest BCUT2D eigenvalue weighted by Gasteiger charge is 2.28. The summed E-state index contributed by atoms with van der Waals surface area (Å²) in [7, 11) is 0. The normalized spacial score (nSPS) is 12.4. The Labute approximate surface area is 313 Å². The summed E-state index contributed by atoms with van der Waals surface area (Å²) in [6, 6.07) is 47.7. The molecule has 0 saturated heterocycles. The smallest absolute Gasteiger partial charge is 0.156 e. The number of phenols is 1. The van der Waals surface area contributed by atoms with Crippen molar-refractivity contribution < 1.29 is 9.94 Å². The van der Waals surface area contributed by atoms with E-state index in [1.165, 1.54) is 21.9 Å². The van der Waals surface area contributed by atoms with Gasteiger partial charge in [-0.1, -0.05) is 97.1 Å². The van der Waals surface area contributed by atoms with Gasteiger partial charge in [-0.15, -0.1) is 0 Å². The fraction of sp³-hybridized carbons (Fsp3) is 0.0435. The van der Waals surface area contributed by atoms with E-state index in [4.69, 9.17) is 4.84 Å². The molecule has 0 amide bonds. The minimum atomic E-state index is -0.221. The van der Waals surface area contributed by atoms with Gasteiger partial charge < -0.3 is 24.9 Å². The fourth-order valence-corrected chi connectivity index (χ4v) is 8.63. The Hall–Kier alpha value is -6.44. The molecule has 0 spiro atoms. The Bertz CT molecular complexity index is 2870. The van der Waals surface area contributed by atoms with Crippen molar-refractivity contribution in [1.82, 2.24) is 19.7 Å². The summed E-state index contributed by atoms with van der Waals surface area (Å²) in [5, 5.41) is 15.4. The Morgan fingerprint density at radius 2 is 1.04 bits per heavy atom. The van der Waals surface area contributed by atoms with Crippen LogP contribution in [0.15, 0.2) is 169 Å². The molecule has 10 aromatic rings. The second-order valence-electron chi connectivity index (χ2n) is 13.5. The highest BCUT2D eigenvalue weighted by atomic mass is 79.9. The van der Waals surface area contributed by atoms with Crippen LogP contribution in [0.4, 0.5) is 0 Å².